The van der Waals surface area contributed by atoms with E-state index in [-0.39, 0.29) is 31.1 Å². The van der Waals surface area contributed by atoms with Crippen LogP contribution in [0, 0.1) is 0 Å². The molecule has 6 nitrogen and oxygen atoms in total. The molecule has 0 saturated heterocycles. The standard InChI is InChI=1S/C74H126O6/c1-4-7-10-13-16-19-22-24-26-28-30-32-34-35-36-37-38-39-41-42-44-46-48-50-52-55-58-61-64-67-73(76)79-70-71(69-78-72(75)66-63-60-57-54-21-18-15-12-9-6-3)80-74(77)68-65-62-59-56-53-51-49-47-45-43-40-33-31-29-27-25-23-20-17-14-11-8-5-2/h7,10,12,15-16,19,23-26,29-32,35-36,38-39,71H,4-6,8-9,11,13-14,17-18,20-22,27-28,33-34,37,40-70H2,1-3H3/b10-7-,15-12-,19-16-,25-23-,26-24-,31-29-,32-30-,36-35-,39-38-. The molecule has 0 bridgehead atoms. The molecule has 0 aromatic rings. The van der Waals surface area contributed by atoms with Crippen LogP contribution in [-0.4, -0.2) is 37.2 Å². The molecule has 0 rings (SSSR count). The summed E-state index contributed by atoms with van der Waals surface area (Å²) in [6.07, 6.45) is 92.5. The fraction of sp³-hybridized carbons (Fsp3) is 0.716. The Kier molecular flexibility index (Phi) is 64.3. The number of ether oxygens (including phenoxy) is 3. The third kappa shape index (κ3) is 64.9. The summed E-state index contributed by atoms with van der Waals surface area (Å²) in [7, 11) is 0. The molecule has 458 valence electrons. The summed E-state index contributed by atoms with van der Waals surface area (Å²) in [4.78, 5) is 38.3. The Morgan fingerprint density at radius 2 is 0.512 bits per heavy atom. The van der Waals surface area contributed by atoms with Crippen LogP contribution in [0.1, 0.15) is 323 Å². The van der Waals surface area contributed by atoms with Gasteiger partial charge < -0.3 is 14.2 Å². The first kappa shape index (κ1) is 76.1. The molecule has 0 saturated carbocycles. The van der Waals surface area contributed by atoms with E-state index in [1.54, 1.807) is 0 Å². The summed E-state index contributed by atoms with van der Waals surface area (Å²) < 4.78 is 16.9. The molecule has 0 amide bonds. The molecule has 1 atom stereocenters. The highest BCUT2D eigenvalue weighted by atomic mass is 16.6. The molecule has 0 N–H and O–H groups in total. The zero-order valence-electron chi connectivity index (χ0n) is 52.6. The SMILES string of the molecule is CC/C=C\C/C=C\C/C=C\C/C=C\C/C=C\C/C=C\CCCCCCCCCCCCC(=O)OCC(COC(=O)CCCCCCC/C=C\CCC)OC(=O)CCCCCCCCCCCCC/C=C\C/C=C\CCCCCCC. The molecule has 6 heteroatoms. The molecule has 0 radical (unpaired) electrons. The minimum atomic E-state index is -0.786. The first-order valence-corrected chi connectivity index (χ1v) is 33.9. The van der Waals surface area contributed by atoms with Gasteiger partial charge in [0.15, 0.2) is 6.10 Å². The number of carbonyl (C=O) groups excluding carboxylic acids is 3. The quantitative estimate of drug-likeness (QED) is 0.0261. The first-order chi connectivity index (χ1) is 39.5. The number of hydrogen-bond donors (Lipinski definition) is 0. The predicted octanol–water partition coefficient (Wildman–Crippen LogP) is 23.4. The van der Waals surface area contributed by atoms with Crippen LogP contribution in [0.15, 0.2) is 109 Å². The molecule has 1 unspecified atom stereocenters. The van der Waals surface area contributed by atoms with Crippen LogP contribution in [-0.2, 0) is 28.6 Å². The van der Waals surface area contributed by atoms with Gasteiger partial charge in [-0.2, -0.15) is 0 Å². The van der Waals surface area contributed by atoms with Crippen LogP contribution in [0.2, 0.25) is 0 Å². The lowest BCUT2D eigenvalue weighted by molar-refractivity contribution is -0.167. The maximum absolute atomic E-state index is 12.9. The molecule has 0 aliphatic heterocycles. The molecular formula is C74H126O6. The Morgan fingerprint density at radius 3 is 0.825 bits per heavy atom. The van der Waals surface area contributed by atoms with Crippen molar-refractivity contribution in [1.82, 2.24) is 0 Å². The second-order valence-corrected chi connectivity index (χ2v) is 22.3. The first-order valence-electron chi connectivity index (χ1n) is 33.9. The fourth-order valence-corrected chi connectivity index (χ4v) is 9.42. The number of esters is 3. The lowest BCUT2D eigenvalue weighted by atomic mass is 10.0. The van der Waals surface area contributed by atoms with Crippen LogP contribution in [0.5, 0.6) is 0 Å². The van der Waals surface area contributed by atoms with E-state index in [9.17, 15) is 14.4 Å². The minimum Gasteiger partial charge on any atom is -0.462 e. The van der Waals surface area contributed by atoms with Gasteiger partial charge in [-0.05, 0) is 122 Å². The lowest BCUT2D eigenvalue weighted by Gasteiger charge is -2.18. The average molecular weight is 1110 g/mol. The maximum Gasteiger partial charge on any atom is 0.306 e. The zero-order chi connectivity index (χ0) is 57.8. The number of allylic oxidation sites excluding steroid dienone is 18. The molecule has 0 aromatic heterocycles. The van der Waals surface area contributed by atoms with Crippen molar-refractivity contribution in [3.05, 3.63) is 109 Å². The predicted molar refractivity (Wildman–Crippen MR) is 348 cm³/mol. The number of rotatable bonds is 61. The Hall–Kier alpha value is -3.93. The van der Waals surface area contributed by atoms with E-state index < -0.39 is 6.10 Å². The zero-order valence-corrected chi connectivity index (χ0v) is 52.6. The highest BCUT2D eigenvalue weighted by Crippen LogP contribution is 2.16. The maximum atomic E-state index is 12.9. The van der Waals surface area contributed by atoms with Gasteiger partial charge in [0.05, 0.1) is 0 Å². The summed E-state index contributed by atoms with van der Waals surface area (Å²) >= 11 is 0. The Bertz CT molecular complexity index is 1610. The van der Waals surface area contributed by atoms with E-state index in [2.05, 4.69) is 130 Å². The molecule has 0 aliphatic rings. The van der Waals surface area contributed by atoms with Crippen LogP contribution in [0.25, 0.3) is 0 Å². The Labute approximate surface area is 495 Å². The number of hydrogen-bond acceptors (Lipinski definition) is 6. The van der Waals surface area contributed by atoms with Crippen LogP contribution in [0.4, 0.5) is 0 Å². The monoisotopic (exact) mass is 1110 g/mol. The van der Waals surface area contributed by atoms with E-state index >= 15 is 0 Å². The van der Waals surface area contributed by atoms with Crippen LogP contribution < -0.4 is 0 Å². The van der Waals surface area contributed by atoms with Gasteiger partial charge >= 0.3 is 17.9 Å². The third-order valence-electron chi connectivity index (χ3n) is 14.5. The van der Waals surface area contributed by atoms with Crippen molar-refractivity contribution in [2.45, 2.75) is 329 Å². The van der Waals surface area contributed by atoms with E-state index in [0.29, 0.717) is 19.3 Å². The van der Waals surface area contributed by atoms with Gasteiger partial charge in [-0.1, -0.05) is 291 Å². The van der Waals surface area contributed by atoms with Crippen molar-refractivity contribution in [3.8, 4) is 0 Å². The lowest BCUT2D eigenvalue weighted by Crippen LogP contribution is -2.30. The number of carbonyl (C=O) groups is 3. The third-order valence-corrected chi connectivity index (χ3v) is 14.5. The second kappa shape index (κ2) is 67.6. The molecule has 0 spiro atoms. The summed E-state index contributed by atoms with van der Waals surface area (Å²) in [5.74, 6) is -0.891. The van der Waals surface area contributed by atoms with Crippen molar-refractivity contribution in [1.29, 1.82) is 0 Å². The molecule has 0 heterocycles. The number of unbranched alkanes of at least 4 members (excludes halogenated alkanes) is 32. The molecule has 80 heavy (non-hydrogen) atoms. The normalized spacial score (nSPS) is 12.8. The van der Waals surface area contributed by atoms with E-state index in [4.69, 9.17) is 14.2 Å². The second-order valence-electron chi connectivity index (χ2n) is 22.3. The topological polar surface area (TPSA) is 78.9 Å². The van der Waals surface area contributed by atoms with Gasteiger partial charge in [-0.25, -0.2) is 0 Å². The van der Waals surface area contributed by atoms with Gasteiger partial charge in [0.1, 0.15) is 13.2 Å². The molecular weight excluding hydrogens is 985 g/mol. The van der Waals surface area contributed by atoms with Crippen molar-refractivity contribution in [2.75, 3.05) is 13.2 Å². The van der Waals surface area contributed by atoms with E-state index in [1.165, 1.54) is 167 Å². The minimum absolute atomic E-state index is 0.0831. The van der Waals surface area contributed by atoms with Gasteiger partial charge in [-0.3, -0.25) is 14.4 Å². The molecule has 0 aliphatic carbocycles. The largest absolute Gasteiger partial charge is 0.462 e. The highest BCUT2D eigenvalue weighted by molar-refractivity contribution is 5.71. The molecule has 0 aromatic carbocycles. The van der Waals surface area contributed by atoms with Crippen LogP contribution in [0.3, 0.4) is 0 Å². The van der Waals surface area contributed by atoms with Gasteiger partial charge in [-0.15, -0.1) is 0 Å². The summed E-state index contributed by atoms with van der Waals surface area (Å²) in [5.41, 5.74) is 0. The van der Waals surface area contributed by atoms with Crippen molar-refractivity contribution < 1.29 is 28.6 Å². The van der Waals surface area contributed by atoms with E-state index in [1.807, 2.05) is 0 Å². The fourth-order valence-electron chi connectivity index (χ4n) is 9.42. The average Bonchev–Trinajstić information content (AvgIpc) is 3.46. The summed E-state index contributed by atoms with van der Waals surface area (Å²) in [6.45, 7) is 6.47. The summed E-state index contributed by atoms with van der Waals surface area (Å²) in [6, 6.07) is 0. The van der Waals surface area contributed by atoms with Gasteiger partial charge in [0.25, 0.3) is 0 Å². The molecule has 0 fully saturated rings. The Morgan fingerprint density at radius 1 is 0.263 bits per heavy atom. The smallest absolute Gasteiger partial charge is 0.306 e. The van der Waals surface area contributed by atoms with Crippen molar-refractivity contribution in [2.24, 2.45) is 0 Å². The highest BCUT2D eigenvalue weighted by Gasteiger charge is 2.19. The van der Waals surface area contributed by atoms with Gasteiger partial charge in [0.2, 0.25) is 0 Å². The van der Waals surface area contributed by atoms with Crippen molar-refractivity contribution in [3.63, 3.8) is 0 Å². The van der Waals surface area contributed by atoms with Gasteiger partial charge in [0, 0.05) is 19.3 Å². The van der Waals surface area contributed by atoms with E-state index in [0.717, 1.165) is 116 Å². The van der Waals surface area contributed by atoms with Crippen molar-refractivity contribution >= 4 is 17.9 Å². The van der Waals surface area contributed by atoms with Crippen LogP contribution >= 0.6 is 0 Å². The Balaban J connectivity index is 4.23. The summed E-state index contributed by atoms with van der Waals surface area (Å²) in [5, 5.41) is 0.